The van der Waals surface area contributed by atoms with Crippen molar-refractivity contribution in [2.75, 3.05) is 32.1 Å². The molecule has 11 heteroatoms. The number of para-hydroxylation sites is 1. The number of fused-ring (bicyclic) bond motifs is 1. The lowest BCUT2D eigenvalue weighted by Crippen LogP contribution is -2.49. The zero-order valence-electron chi connectivity index (χ0n) is 28.4. The molecule has 2 amide bonds. The fraction of sp³-hybridized carbons (Fsp3) is 0.333. The zero-order chi connectivity index (χ0) is 36.2. The number of alkyl halides is 3. The van der Waals surface area contributed by atoms with Crippen molar-refractivity contribution in [3.05, 3.63) is 119 Å². The van der Waals surface area contributed by atoms with Gasteiger partial charge in [-0.15, -0.1) is 0 Å². The van der Waals surface area contributed by atoms with Crippen LogP contribution in [-0.2, 0) is 23.9 Å². The van der Waals surface area contributed by atoms with Crippen LogP contribution >= 0.6 is 0 Å². The highest BCUT2D eigenvalue weighted by atomic mass is 19.4. The monoisotopic (exact) mass is 691 g/mol. The second-order valence-electron chi connectivity index (χ2n) is 13.1. The number of rotatable bonds is 10. The highest BCUT2D eigenvalue weighted by Gasteiger charge is 2.35. The van der Waals surface area contributed by atoms with E-state index in [1.807, 2.05) is 45.2 Å². The van der Waals surface area contributed by atoms with E-state index in [1.54, 1.807) is 36.1 Å². The first kappa shape index (κ1) is 36.5. The number of benzene rings is 4. The van der Waals surface area contributed by atoms with E-state index in [1.165, 1.54) is 24.3 Å². The quantitative estimate of drug-likeness (QED) is 0.170. The van der Waals surface area contributed by atoms with Crippen molar-refractivity contribution in [3.8, 4) is 16.9 Å². The third-order valence-corrected chi connectivity index (χ3v) is 9.01. The van der Waals surface area contributed by atoms with Gasteiger partial charge in [-0.3, -0.25) is 14.5 Å². The fourth-order valence-electron chi connectivity index (χ4n) is 6.18. The first-order valence-corrected chi connectivity index (χ1v) is 16.4. The summed E-state index contributed by atoms with van der Waals surface area (Å²) < 4.78 is 59.3. The Morgan fingerprint density at radius 2 is 1.70 bits per heavy atom. The minimum atomic E-state index is -4.48. The standard InChI is InChI=1S/C39H41F4N3O4/c1-24-18-31(40)16-17-32(24)29-12-8-28(9-13-29)21-45(4)22-35-25(2)20-46(26(3)23-47)38(49)33-6-5-7-34(37(33)50-35)44-36(48)19-27-10-14-30(15-11-27)39(41,42)43/h5-18,25-26,35,47H,19-23H2,1-4H3,(H,44,48)/t25-,26+,35-/m1/s1. The lowest BCUT2D eigenvalue weighted by Gasteiger charge is -2.38. The van der Waals surface area contributed by atoms with Gasteiger partial charge in [0.2, 0.25) is 5.91 Å². The molecule has 0 radical (unpaired) electrons. The Bertz CT molecular complexity index is 1810. The summed E-state index contributed by atoms with van der Waals surface area (Å²) in [5, 5.41) is 12.8. The van der Waals surface area contributed by atoms with Crippen molar-refractivity contribution in [3.63, 3.8) is 0 Å². The van der Waals surface area contributed by atoms with E-state index in [0.717, 1.165) is 34.4 Å². The first-order chi connectivity index (χ1) is 23.7. The van der Waals surface area contributed by atoms with Crippen molar-refractivity contribution in [2.24, 2.45) is 5.92 Å². The Morgan fingerprint density at radius 3 is 2.34 bits per heavy atom. The van der Waals surface area contributed by atoms with E-state index in [0.29, 0.717) is 25.2 Å². The molecule has 3 atom stereocenters. The molecule has 4 aromatic rings. The average molecular weight is 692 g/mol. The predicted molar refractivity (Wildman–Crippen MR) is 184 cm³/mol. The number of ether oxygens (including phenoxy) is 1. The van der Waals surface area contributed by atoms with Gasteiger partial charge in [0.1, 0.15) is 11.9 Å². The SMILES string of the molecule is Cc1cc(F)ccc1-c1ccc(CN(C)C[C@H]2Oc3c(NC(=O)Cc4ccc(C(F)(F)F)cc4)cccc3C(=O)N([C@@H](C)CO)C[C@H]2C)cc1. The van der Waals surface area contributed by atoms with E-state index in [-0.39, 0.29) is 47.7 Å². The molecule has 0 aromatic heterocycles. The predicted octanol–water partition coefficient (Wildman–Crippen LogP) is 7.35. The topological polar surface area (TPSA) is 82.1 Å². The first-order valence-electron chi connectivity index (χ1n) is 16.4. The molecule has 2 N–H and O–H groups in total. The smallest absolute Gasteiger partial charge is 0.416 e. The number of hydrogen-bond donors (Lipinski definition) is 2. The number of carbonyl (C=O) groups is 2. The van der Waals surface area contributed by atoms with Crippen LogP contribution in [0.1, 0.15) is 46.5 Å². The molecule has 0 unspecified atom stereocenters. The molecule has 0 saturated carbocycles. The molecule has 50 heavy (non-hydrogen) atoms. The summed E-state index contributed by atoms with van der Waals surface area (Å²) >= 11 is 0. The van der Waals surface area contributed by atoms with Gasteiger partial charge in [0.15, 0.2) is 5.75 Å². The molecular formula is C39H41F4N3O4. The third kappa shape index (κ3) is 8.70. The number of nitrogens with zero attached hydrogens (tertiary/aromatic N) is 2. The van der Waals surface area contributed by atoms with Gasteiger partial charge in [-0.2, -0.15) is 13.2 Å². The van der Waals surface area contributed by atoms with Gasteiger partial charge in [0.25, 0.3) is 5.91 Å². The Morgan fingerprint density at radius 1 is 1.02 bits per heavy atom. The Balaban J connectivity index is 1.36. The van der Waals surface area contributed by atoms with Crippen molar-refractivity contribution in [1.82, 2.24) is 9.80 Å². The summed E-state index contributed by atoms with van der Waals surface area (Å²) in [5.74, 6) is -1.10. The summed E-state index contributed by atoms with van der Waals surface area (Å²) in [4.78, 5) is 30.7. The molecule has 1 aliphatic heterocycles. The van der Waals surface area contributed by atoms with Crippen LogP contribution in [0.3, 0.4) is 0 Å². The molecule has 0 saturated heterocycles. The van der Waals surface area contributed by atoms with Gasteiger partial charge in [-0.05, 0) is 85.1 Å². The molecule has 7 nitrogen and oxygen atoms in total. The summed E-state index contributed by atoms with van der Waals surface area (Å²) in [6.45, 7) is 6.75. The number of aliphatic hydroxyl groups is 1. The van der Waals surface area contributed by atoms with Gasteiger partial charge in [0.05, 0.1) is 35.9 Å². The molecule has 0 fully saturated rings. The highest BCUT2D eigenvalue weighted by Crippen LogP contribution is 2.35. The van der Waals surface area contributed by atoms with Crippen LogP contribution in [0.15, 0.2) is 84.9 Å². The maximum atomic E-state index is 13.8. The van der Waals surface area contributed by atoms with Crippen molar-refractivity contribution in [2.45, 2.75) is 52.1 Å². The molecule has 4 aromatic carbocycles. The number of carbonyl (C=O) groups excluding carboxylic acids is 2. The summed E-state index contributed by atoms with van der Waals surface area (Å²) in [7, 11) is 1.96. The Kier molecular flexibility index (Phi) is 11.3. The van der Waals surface area contributed by atoms with E-state index in [4.69, 9.17) is 4.74 Å². The molecular weight excluding hydrogens is 650 g/mol. The van der Waals surface area contributed by atoms with Crippen LogP contribution in [0, 0.1) is 18.7 Å². The summed E-state index contributed by atoms with van der Waals surface area (Å²) in [6, 6.07) is 21.6. The molecule has 0 aliphatic carbocycles. The minimum Gasteiger partial charge on any atom is -0.486 e. The molecule has 1 heterocycles. The molecule has 5 rings (SSSR count). The van der Waals surface area contributed by atoms with Crippen LogP contribution in [0.2, 0.25) is 0 Å². The number of nitrogens with one attached hydrogen (secondary N) is 1. The van der Waals surface area contributed by atoms with E-state index in [9.17, 15) is 32.3 Å². The Labute approximate surface area is 289 Å². The third-order valence-electron chi connectivity index (χ3n) is 9.01. The van der Waals surface area contributed by atoms with Crippen LogP contribution in [0.5, 0.6) is 5.75 Å². The number of amides is 2. The molecule has 264 valence electrons. The summed E-state index contributed by atoms with van der Waals surface area (Å²) in [5.41, 5.74) is 3.92. The Hall–Kier alpha value is -4.74. The number of halogens is 4. The van der Waals surface area contributed by atoms with Gasteiger partial charge in [0, 0.05) is 25.6 Å². The molecule has 0 spiro atoms. The molecule has 1 aliphatic rings. The lowest BCUT2D eigenvalue weighted by molar-refractivity contribution is -0.137. The maximum absolute atomic E-state index is 13.8. The highest BCUT2D eigenvalue weighted by molar-refractivity contribution is 6.02. The lowest BCUT2D eigenvalue weighted by atomic mass is 9.98. The van der Waals surface area contributed by atoms with Gasteiger partial charge in [-0.25, -0.2) is 4.39 Å². The minimum absolute atomic E-state index is 0.178. The van der Waals surface area contributed by atoms with Crippen molar-refractivity contribution < 1.29 is 37.0 Å². The van der Waals surface area contributed by atoms with Gasteiger partial charge < -0.3 is 20.1 Å². The number of aliphatic hydroxyl groups excluding tert-OH is 1. The normalized spacial score (nSPS) is 17.1. The van der Waals surface area contributed by atoms with Crippen LogP contribution in [0.4, 0.5) is 23.2 Å². The van der Waals surface area contributed by atoms with E-state index in [2.05, 4.69) is 10.2 Å². The van der Waals surface area contributed by atoms with Crippen molar-refractivity contribution >= 4 is 17.5 Å². The second-order valence-corrected chi connectivity index (χ2v) is 13.1. The van der Waals surface area contributed by atoms with E-state index >= 15 is 0 Å². The average Bonchev–Trinajstić information content (AvgIpc) is 3.06. The number of anilines is 1. The van der Waals surface area contributed by atoms with Crippen molar-refractivity contribution in [1.29, 1.82) is 0 Å². The number of hydrogen-bond acceptors (Lipinski definition) is 5. The summed E-state index contributed by atoms with van der Waals surface area (Å²) in [6.07, 6.45) is -5.11. The zero-order valence-corrected chi connectivity index (χ0v) is 28.4. The van der Waals surface area contributed by atoms with Crippen LogP contribution in [-0.4, -0.2) is 65.6 Å². The number of likely N-dealkylation sites (N-methyl/N-ethyl adjacent to an activating group) is 1. The maximum Gasteiger partial charge on any atom is 0.416 e. The van der Waals surface area contributed by atoms with Gasteiger partial charge >= 0.3 is 6.18 Å². The van der Waals surface area contributed by atoms with Gasteiger partial charge in [-0.1, -0.05) is 55.5 Å². The second kappa shape index (κ2) is 15.4. The molecule has 0 bridgehead atoms. The van der Waals surface area contributed by atoms with Crippen LogP contribution < -0.4 is 10.1 Å². The van der Waals surface area contributed by atoms with E-state index < -0.39 is 29.8 Å². The van der Waals surface area contributed by atoms with Crippen LogP contribution in [0.25, 0.3) is 11.1 Å². The fourth-order valence-corrected chi connectivity index (χ4v) is 6.18. The largest absolute Gasteiger partial charge is 0.486 e. The number of aryl methyl sites for hydroxylation is 1.